The Morgan fingerprint density at radius 1 is 0.507 bits per heavy atom. The molecule has 2 aromatic heterocycles. The lowest BCUT2D eigenvalue weighted by atomic mass is 10.2. The van der Waals surface area contributed by atoms with E-state index in [2.05, 4.69) is 30.6 Å². The van der Waals surface area contributed by atoms with E-state index in [1.807, 2.05) is 89.8 Å². The summed E-state index contributed by atoms with van der Waals surface area (Å²) in [4.78, 5) is 2.39. The van der Waals surface area contributed by atoms with Crippen molar-refractivity contribution in [3.63, 3.8) is 0 Å². The number of hydrogen-bond donors (Lipinski definition) is 8. The molecule has 0 aliphatic carbocycles. The first-order valence-corrected chi connectivity index (χ1v) is 25.4. The summed E-state index contributed by atoms with van der Waals surface area (Å²) in [5.74, 6) is 2.85. The highest BCUT2D eigenvalue weighted by Gasteiger charge is 2.27. The van der Waals surface area contributed by atoms with E-state index in [-0.39, 0.29) is 0 Å². The van der Waals surface area contributed by atoms with Gasteiger partial charge in [0.05, 0.1) is 110 Å². The predicted octanol–water partition coefficient (Wildman–Crippen LogP) is 5.04. The molecule has 18 heteroatoms. The Bertz CT molecular complexity index is 2550. The SMILES string of the molecule is CN1CC[N+](C)(CCCOc2ccc(N)cc2N)CC1.C[N+]1(CCCOc2ccc(N)cc2N)CCCC1.C[n+]1ccn(CCCOc2ccc(N)cc2N)c1.Nc1ccc(OCC[n+]2ccccc2)c(N)c1. The molecule has 0 spiro atoms. The Hall–Kier alpha value is -7.28. The van der Waals surface area contributed by atoms with Crippen molar-refractivity contribution in [3.8, 4) is 23.0 Å². The summed E-state index contributed by atoms with van der Waals surface area (Å²) < 4.78 is 31.2. The standard InChI is InChI=1S/C15H27N4O.C14H24N3O.C13H19N4O.C13H16N3O/c1-18-6-9-19(2,10-7-18)8-3-11-20-15-5-4-13(16)12-14(15)17;1-17(7-2-3-8-17)9-4-10-18-14-6-5-12(15)11-13(14)16;1-16-6-7-17(10-16)5-2-8-18-13-4-3-11(14)9-12(13)15;14-11-4-5-13(12(15)10-11)17-9-8-16-6-2-1-3-7-16/h4-5,12H,3,6-11,16-17H2,1-2H3;5-6,11H,2-4,7-10,15-16H2,1H3;3-4,6-7,9-10H,2,5,8,14-15H2,1H3;1-7,10H,8-9,14-15H2/q4*+1. The molecule has 2 aliphatic rings. The number of imidazole rings is 1. The van der Waals surface area contributed by atoms with Crippen LogP contribution in [-0.4, -0.2) is 118 Å². The van der Waals surface area contributed by atoms with Gasteiger partial charge >= 0.3 is 0 Å². The predicted molar refractivity (Wildman–Crippen MR) is 297 cm³/mol. The van der Waals surface area contributed by atoms with E-state index in [0.29, 0.717) is 76.8 Å². The molecule has 16 N–H and O–H groups in total. The lowest BCUT2D eigenvalue weighted by Gasteiger charge is -2.41. The Kier molecular flexibility index (Phi) is 22.2. The second kappa shape index (κ2) is 28.7. The first-order chi connectivity index (χ1) is 35.0. The maximum absolute atomic E-state index is 5.87. The summed E-state index contributed by atoms with van der Waals surface area (Å²) in [6, 6.07) is 27.3. The van der Waals surface area contributed by atoms with Gasteiger partial charge < -0.3 is 73.8 Å². The summed E-state index contributed by atoms with van der Waals surface area (Å²) in [5, 5.41) is 0. The first-order valence-electron chi connectivity index (χ1n) is 25.4. The van der Waals surface area contributed by atoms with Gasteiger partial charge in [-0.15, -0.1) is 0 Å². The van der Waals surface area contributed by atoms with Crippen LogP contribution in [0.5, 0.6) is 23.0 Å². The highest BCUT2D eigenvalue weighted by Crippen LogP contribution is 2.27. The number of quaternary nitrogens is 2. The molecular weight excluding hydrogens is 921 g/mol. The second-order valence-corrected chi connectivity index (χ2v) is 19.7. The maximum Gasteiger partial charge on any atom is 0.243 e. The number of ether oxygens (including phenoxy) is 4. The summed E-state index contributed by atoms with van der Waals surface area (Å²) in [7, 11) is 8.87. The monoisotopic (exact) mass is 1010 g/mol. The highest BCUT2D eigenvalue weighted by atomic mass is 16.5. The van der Waals surface area contributed by atoms with Crippen molar-refractivity contribution >= 4 is 45.5 Å². The van der Waals surface area contributed by atoms with Gasteiger partial charge in [0.1, 0.15) is 42.0 Å². The van der Waals surface area contributed by atoms with Crippen molar-refractivity contribution in [1.82, 2.24) is 9.47 Å². The summed E-state index contributed by atoms with van der Waals surface area (Å²) in [6.07, 6.45) is 15.9. The van der Waals surface area contributed by atoms with Crippen LogP contribution >= 0.6 is 0 Å². The molecule has 396 valence electrons. The molecule has 73 heavy (non-hydrogen) atoms. The molecule has 0 atom stereocenters. The Balaban J connectivity index is 0.000000181. The zero-order valence-electron chi connectivity index (χ0n) is 43.9. The number of likely N-dealkylation sites (tertiary alicyclic amines) is 1. The summed E-state index contributed by atoms with van der Waals surface area (Å²) >= 11 is 0. The Morgan fingerprint density at radius 2 is 0.904 bits per heavy atom. The average Bonchev–Trinajstić information content (AvgIpc) is 3.99. The van der Waals surface area contributed by atoms with Crippen molar-refractivity contribution < 1.29 is 37.0 Å². The minimum absolute atomic E-state index is 0.572. The topological polar surface area (TPSA) is 261 Å². The number of nitrogens with zero attached hydrogens (tertiary/aromatic N) is 6. The van der Waals surface area contributed by atoms with Crippen LogP contribution < -0.4 is 74.0 Å². The third-order valence-corrected chi connectivity index (χ3v) is 13.1. The number of benzene rings is 4. The van der Waals surface area contributed by atoms with Crippen LogP contribution in [0.2, 0.25) is 0 Å². The highest BCUT2D eigenvalue weighted by molar-refractivity contribution is 5.62. The molecule has 0 bridgehead atoms. The van der Waals surface area contributed by atoms with Gasteiger partial charge in [-0.05, 0) is 79.8 Å². The molecular formula is C55H86N14O4+4. The number of hydrogen-bond acceptors (Lipinski definition) is 13. The van der Waals surface area contributed by atoms with Gasteiger partial charge in [-0.2, -0.15) is 0 Å². The fourth-order valence-corrected chi connectivity index (χ4v) is 8.55. The minimum Gasteiger partial charge on any atom is -0.491 e. The number of piperazine rings is 1. The van der Waals surface area contributed by atoms with Crippen molar-refractivity contribution in [3.05, 3.63) is 122 Å². The molecule has 6 aromatic rings. The van der Waals surface area contributed by atoms with Crippen LogP contribution in [0.25, 0.3) is 0 Å². The minimum atomic E-state index is 0.572. The largest absolute Gasteiger partial charge is 0.491 e. The fraction of sp³-hybridized carbons (Fsp3) is 0.418. The van der Waals surface area contributed by atoms with Gasteiger partial charge in [0.15, 0.2) is 18.9 Å². The zero-order chi connectivity index (χ0) is 52.6. The number of anilines is 8. The summed E-state index contributed by atoms with van der Waals surface area (Å²) in [6.45, 7) is 14.1. The van der Waals surface area contributed by atoms with Gasteiger partial charge in [0, 0.05) is 80.1 Å². The van der Waals surface area contributed by atoms with Crippen LogP contribution in [0.1, 0.15) is 32.1 Å². The van der Waals surface area contributed by atoms with Crippen LogP contribution in [0.3, 0.4) is 0 Å². The number of nitrogens with two attached hydrogens (primary N) is 8. The molecule has 8 rings (SSSR count). The van der Waals surface area contributed by atoms with Crippen LogP contribution in [0, 0.1) is 0 Å². The molecule has 18 nitrogen and oxygen atoms in total. The third kappa shape index (κ3) is 20.4. The normalized spacial score (nSPS) is 14.5. The van der Waals surface area contributed by atoms with Crippen molar-refractivity contribution in [2.45, 2.75) is 45.2 Å². The Morgan fingerprint density at radius 3 is 1.30 bits per heavy atom. The lowest BCUT2D eigenvalue weighted by Crippen LogP contribution is -2.56. The number of likely N-dealkylation sites (N-methyl/N-ethyl adjacent to an activating group) is 2. The fourth-order valence-electron chi connectivity index (χ4n) is 8.55. The van der Waals surface area contributed by atoms with Crippen LogP contribution in [-0.2, 0) is 20.1 Å². The van der Waals surface area contributed by atoms with Crippen LogP contribution in [0.4, 0.5) is 45.5 Å². The lowest BCUT2D eigenvalue weighted by molar-refractivity contribution is -0.913. The van der Waals surface area contributed by atoms with E-state index in [1.54, 1.807) is 48.5 Å². The number of aromatic nitrogens is 3. The molecule has 0 radical (unpaired) electrons. The van der Waals surface area contributed by atoms with Gasteiger partial charge in [0.25, 0.3) is 0 Å². The van der Waals surface area contributed by atoms with Crippen molar-refractivity contribution in [2.75, 3.05) is 146 Å². The van der Waals surface area contributed by atoms with E-state index in [9.17, 15) is 0 Å². The molecule has 4 heterocycles. The number of nitrogen functional groups attached to an aromatic ring is 8. The molecule has 2 saturated heterocycles. The van der Waals surface area contributed by atoms with E-state index in [0.717, 1.165) is 61.5 Å². The molecule has 0 saturated carbocycles. The molecule has 0 unspecified atom stereocenters. The van der Waals surface area contributed by atoms with Gasteiger partial charge in [-0.1, -0.05) is 6.07 Å². The first kappa shape index (κ1) is 56.6. The summed E-state index contributed by atoms with van der Waals surface area (Å²) in [5.41, 5.74) is 50.9. The number of aryl methyl sites for hydroxylation is 2. The molecule has 2 fully saturated rings. The average molecular weight is 1010 g/mol. The second-order valence-electron chi connectivity index (χ2n) is 19.7. The van der Waals surface area contributed by atoms with Crippen molar-refractivity contribution in [2.24, 2.45) is 7.05 Å². The molecule has 2 aliphatic heterocycles. The van der Waals surface area contributed by atoms with E-state index < -0.39 is 0 Å². The molecule has 0 amide bonds. The quantitative estimate of drug-likeness (QED) is 0.0229. The van der Waals surface area contributed by atoms with Gasteiger partial charge in [0.2, 0.25) is 6.33 Å². The van der Waals surface area contributed by atoms with Gasteiger partial charge in [-0.25, -0.2) is 13.7 Å². The maximum atomic E-state index is 5.87. The van der Waals surface area contributed by atoms with Crippen molar-refractivity contribution in [1.29, 1.82) is 0 Å². The van der Waals surface area contributed by atoms with E-state index >= 15 is 0 Å². The smallest absolute Gasteiger partial charge is 0.243 e. The van der Waals surface area contributed by atoms with E-state index in [4.69, 9.17) is 64.8 Å². The Labute approximate surface area is 433 Å². The third-order valence-electron chi connectivity index (χ3n) is 13.1. The molecule has 4 aromatic carbocycles. The van der Waals surface area contributed by atoms with Gasteiger partial charge in [-0.3, -0.25) is 4.90 Å². The zero-order valence-corrected chi connectivity index (χ0v) is 43.9. The number of rotatable bonds is 19. The van der Waals surface area contributed by atoms with E-state index in [1.165, 1.54) is 63.1 Å². The number of pyridine rings is 1. The van der Waals surface area contributed by atoms with Crippen LogP contribution in [0.15, 0.2) is 122 Å².